The van der Waals surface area contributed by atoms with Gasteiger partial charge in [0.05, 0.1) is 12.0 Å². The Morgan fingerprint density at radius 1 is 1.13 bits per heavy atom. The van der Waals surface area contributed by atoms with Crippen LogP contribution in [-0.2, 0) is 21.2 Å². The van der Waals surface area contributed by atoms with Crippen LogP contribution in [0.3, 0.4) is 0 Å². The number of amides is 1. The van der Waals surface area contributed by atoms with E-state index in [9.17, 15) is 18.4 Å². The van der Waals surface area contributed by atoms with Gasteiger partial charge in [0, 0.05) is 35.0 Å². The van der Waals surface area contributed by atoms with Crippen LogP contribution in [-0.4, -0.2) is 38.8 Å². The summed E-state index contributed by atoms with van der Waals surface area (Å²) >= 11 is 1.43. The van der Waals surface area contributed by atoms with E-state index < -0.39 is 15.9 Å². The average Bonchev–Trinajstić information content (AvgIpc) is 3.15. The quantitative estimate of drug-likeness (QED) is 0.426. The van der Waals surface area contributed by atoms with Gasteiger partial charge in [0.15, 0.2) is 0 Å². The molecule has 3 N–H and O–H groups in total. The third-order valence-corrected chi connectivity index (χ3v) is 6.67. The van der Waals surface area contributed by atoms with Crippen LogP contribution in [0.2, 0.25) is 0 Å². The number of primary sulfonamides is 1. The molecule has 0 bridgehead atoms. The summed E-state index contributed by atoms with van der Waals surface area (Å²) in [6, 6.07) is 14.0. The van der Waals surface area contributed by atoms with Gasteiger partial charge >= 0.3 is 0 Å². The van der Waals surface area contributed by atoms with Gasteiger partial charge in [0.1, 0.15) is 5.75 Å². The summed E-state index contributed by atoms with van der Waals surface area (Å²) in [5.41, 5.74) is 2.90. The largest absolute Gasteiger partial charge is 0.497 e. The Hall–Kier alpha value is -2.72. The summed E-state index contributed by atoms with van der Waals surface area (Å²) < 4.78 is 29.5. The molecule has 0 aliphatic carbocycles. The second-order valence-electron chi connectivity index (χ2n) is 6.63. The molecule has 1 amide bonds. The van der Waals surface area contributed by atoms with Crippen LogP contribution in [0.4, 0.5) is 0 Å². The van der Waals surface area contributed by atoms with Crippen molar-refractivity contribution in [2.75, 3.05) is 14.2 Å². The molecule has 0 spiro atoms. The van der Waals surface area contributed by atoms with E-state index in [0.717, 1.165) is 21.6 Å². The number of carbonyl (C=O) groups is 1. The first-order chi connectivity index (χ1) is 14.2. The van der Waals surface area contributed by atoms with Crippen LogP contribution < -0.4 is 9.88 Å². The number of sulfonamides is 1. The third kappa shape index (κ3) is 4.71. The van der Waals surface area contributed by atoms with Gasteiger partial charge in [-0.25, -0.2) is 18.6 Å². The zero-order chi connectivity index (χ0) is 21.9. The Kier molecular flexibility index (Phi) is 6.57. The van der Waals surface area contributed by atoms with Crippen molar-refractivity contribution in [3.05, 3.63) is 58.8 Å². The average molecular weight is 447 g/mol. The topological polar surface area (TPSA) is 110 Å². The van der Waals surface area contributed by atoms with Crippen molar-refractivity contribution in [3.8, 4) is 28.0 Å². The standard InChI is InChI=1S/C21H22N2O5S2/c1-23(25)20(24)12-11-18-21(14-7-9-15(28-2)10-8-14)17(13-29-18)16-5-3-4-6-19(16)30(22,26)27/h3-10,13,25H,11-12H2,1-2H3,(H2,22,26,27). The molecule has 2 aromatic carbocycles. The maximum atomic E-state index is 12.1. The molecule has 0 saturated heterocycles. The van der Waals surface area contributed by atoms with Crippen molar-refractivity contribution in [1.29, 1.82) is 0 Å². The molecule has 0 aliphatic rings. The second kappa shape index (κ2) is 8.97. The third-order valence-electron chi connectivity index (χ3n) is 4.66. The number of hydroxylamine groups is 2. The zero-order valence-electron chi connectivity index (χ0n) is 16.5. The molecule has 0 saturated carbocycles. The minimum atomic E-state index is -3.93. The molecule has 0 atom stereocenters. The van der Waals surface area contributed by atoms with Crippen molar-refractivity contribution >= 4 is 27.3 Å². The Morgan fingerprint density at radius 2 is 1.80 bits per heavy atom. The summed E-state index contributed by atoms with van der Waals surface area (Å²) in [5, 5.41) is 17.2. The van der Waals surface area contributed by atoms with Gasteiger partial charge in [-0.1, -0.05) is 30.3 Å². The molecule has 1 aromatic heterocycles. The number of rotatable bonds is 7. The second-order valence-corrected chi connectivity index (χ2v) is 9.13. The molecule has 1 heterocycles. The van der Waals surface area contributed by atoms with E-state index in [0.29, 0.717) is 22.8 Å². The van der Waals surface area contributed by atoms with Crippen molar-refractivity contribution < 1.29 is 23.2 Å². The fraction of sp³-hybridized carbons (Fsp3) is 0.190. The first kappa shape index (κ1) is 22.0. The summed E-state index contributed by atoms with van der Waals surface area (Å²) in [6.07, 6.45) is 0.514. The van der Waals surface area contributed by atoms with Gasteiger partial charge in [-0.2, -0.15) is 0 Å². The fourth-order valence-electron chi connectivity index (χ4n) is 3.17. The number of hydrogen-bond donors (Lipinski definition) is 2. The number of nitrogens with zero attached hydrogens (tertiary/aromatic N) is 1. The van der Waals surface area contributed by atoms with Gasteiger partial charge in [0.25, 0.3) is 0 Å². The molecular weight excluding hydrogens is 424 g/mol. The lowest BCUT2D eigenvalue weighted by Crippen LogP contribution is -2.22. The minimum Gasteiger partial charge on any atom is -0.497 e. The molecule has 3 rings (SSSR count). The molecule has 3 aromatic rings. The van der Waals surface area contributed by atoms with Gasteiger partial charge in [-0.3, -0.25) is 10.0 Å². The van der Waals surface area contributed by atoms with Crippen LogP contribution in [0.25, 0.3) is 22.3 Å². The Bertz CT molecular complexity index is 1150. The highest BCUT2D eigenvalue weighted by molar-refractivity contribution is 7.89. The summed E-state index contributed by atoms with van der Waals surface area (Å²) in [6.45, 7) is 0. The summed E-state index contributed by atoms with van der Waals surface area (Å²) in [7, 11) is -1.06. The van der Waals surface area contributed by atoms with E-state index in [4.69, 9.17) is 9.88 Å². The van der Waals surface area contributed by atoms with Crippen LogP contribution in [0.1, 0.15) is 11.3 Å². The predicted octanol–water partition coefficient (Wildman–Crippen LogP) is 3.52. The zero-order valence-corrected chi connectivity index (χ0v) is 18.2. The highest BCUT2D eigenvalue weighted by Crippen LogP contribution is 2.42. The SMILES string of the molecule is COc1ccc(-c2c(-c3ccccc3S(N)(=O)=O)csc2CCC(=O)N(C)O)cc1. The van der Waals surface area contributed by atoms with Crippen LogP contribution in [0.15, 0.2) is 58.8 Å². The van der Waals surface area contributed by atoms with E-state index >= 15 is 0 Å². The lowest BCUT2D eigenvalue weighted by molar-refractivity contribution is -0.159. The number of carbonyl (C=O) groups excluding carboxylic acids is 1. The Morgan fingerprint density at radius 3 is 2.40 bits per heavy atom. The molecule has 7 nitrogen and oxygen atoms in total. The first-order valence-corrected chi connectivity index (χ1v) is 11.5. The van der Waals surface area contributed by atoms with E-state index in [1.165, 1.54) is 24.5 Å². The smallest absolute Gasteiger partial charge is 0.246 e. The molecule has 30 heavy (non-hydrogen) atoms. The molecular formula is C21H22N2O5S2. The molecule has 9 heteroatoms. The predicted molar refractivity (Wildman–Crippen MR) is 116 cm³/mol. The lowest BCUT2D eigenvalue weighted by atomic mass is 9.95. The number of benzene rings is 2. The molecule has 0 unspecified atom stereocenters. The molecule has 0 fully saturated rings. The number of nitrogens with two attached hydrogens (primary N) is 1. The van der Waals surface area contributed by atoms with E-state index in [-0.39, 0.29) is 11.3 Å². The van der Waals surface area contributed by atoms with Crippen molar-refractivity contribution in [2.24, 2.45) is 5.14 Å². The number of methoxy groups -OCH3 is 1. The van der Waals surface area contributed by atoms with Crippen molar-refractivity contribution in [2.45, 2.75) is 17.7 Å². The van der Waals surface area contributed by atoms with Gasteiger partial charge < -0.3 is 4.74 Å². The monoisotopic (exact) mass is 446 g/mol. The van der Waals surface area contributed by atoms with E-state index in [1.54, 1.807) is 25.3 Å². The minimum absolute atomic E-state index is 0.0373. The normalized spacial score (nSPS) is 11.3. The fourth-order valence-corrected chi connectivity index (χ4v) is 5.00. The highest BCUT2D eigenvalue weighted by atomic mass is 32.2. The van der Waals surface area contributed by atoms with Crippen LogP contribution >= 0.6 is 11.3 Å². The van der Waals surface area contributed by atoms with Gasteiger partial charge in [-0.15, -0.1) is 11.3 Å². The number of ether oxygens (including phenoxy) is 1. The van der Waals surface area contributed by atoms with Crippen LogP contribution in [0.5, 0.6) is 5.75 Å². The lowest BCUT2D eigenvalue weighted by Gasteiger charge is -2.13. The molecule has 0 radical (unpaired) electrons. The van der Waals surface area contributed by atoms with Crippen molar-refractivity contribution in [1.82, 2.24) is 5.06 Å². The number of aryl methyl sites for hydroxylation is 1. The van der Waals surface area contributed by atoms with Crippen molar-refractivity contribution in [3.63, 3.8) is 0 Å². The number of thiophene rings is 1. The Balaban J connectivity index is 2.16. The summed E-state index contributed by atoms with van der Waals surface area (Å²) in [5.74, 6) is 0.287. The highest BCUT2D eigenvalue weighted by Gasteiger charge is 2.22. The van der Waals surface area contributed by atoms with Gasteiger partial charge in [-0.05, 0) is 35.6 Å². The first-order valence-electron chi connectivity index (χ1n) is 9.04. The van der Waals surface area contributed by atoms with Gasteiger partial charge in [0.2, 0.25) is 15.9 Å². The molecule has 158 valence electrons. The van der Waals surface area contributed by atoms with E-state index in [2.05, 4.69) is 0 Å². The van der Waals surface area contributed by atoms with E-state index in [1.807, 2.05) is 29.6 Å². The summed E-state index contributed by atoms with van der Waals surface area (Å²) in [4.78, 5) is 12.8. The van der Waals surface area contributed by atoms with Crippen LogP contribution in [0, 0.1) is 0 Å². The number of hydrogen-bond acceptors (Lipinski definition) is 6. The maximum Gasteiger partial charge on any atom is 0.246 e. The maximum absolute atomic E-state index is 12.1. The molecule has 0 aliphatic heterocycles. The Labute approximate surface area is 179 Å².